The van der Waals surface area contributed by atoms with E-state index in [0.29, 0.717) is 18.1 Å². The highest BCUT2D eigenvalue weighted by Crippen LogP contribution is 2.10. The van der Waals surface area contributed by atoms with Crippen LogP contribution in [0.15, 0.2) is 12.4 Å². The molecule has 1 saturated heterocycles. The Morgan fingerprint density at radius 2 is 2.41 bits per heavy atom. The van der Waals surface area contributed by atoms with Crippen molar-refractivity contribution in [3.05, 3.63) is 18.1 Å². The summed E-state index contributed by atoms with van der Waals surface area (Å²) >= 11 is 0. The van der Waals surface area contributed by atoms with Crippen LogP contribution in [0.25, 0.3) is 0 Å². The van der Waals surface area contributed by atoms with Crippen molar-refractivity contribution in [3.8, 4) is 0 Å². The van der Waals surface area contributed by atoms with Gasteiger partial charge < -0.3 is 15.4 Å². The van der Waals surface area contributed by atoms with E-state index < -0.39 is 0 Å². The lowest BCUT2D eigenvalue weighted by atomic mass is 10.2. The fourth-order valence-corrected chi connectivity index (χ4v) is 1.68. The Labute approximate surface area is 99.8 Å². The summed E-state index contributed by atoms with van der Waals surface area (Å²) in [5.74, 6) is 0.427. The van der Waals surface area contributed by atoms with Crippen molar-refractivity contribution in [2.45, 2.75) is 18.9 Å². The molecule has 0 saturated carbocycles. The number of nitrogens with one attached hydrogen (secondary N) is 2. The van der Waals surface area contributed by atoms with E-state index in [2.05, 4.69) is 20.6 Å². The van der Waals surface area contributed by atoms with Crippen molar-refractivity contribution in [1.29, 1.82) is 0 Å². The van der Waals surface area contributed by atoms with Gasteiger partial charge in [-0.15, -0.1) is 0 Å². The number of amides is 1. The molecule has 1 fully saturated rings. The number of rotatable bonds is 4. The highest BCUT2D eigenvalue weighted by molar-refractivity contribution is 5.92. The van der Waals surface area contributed by atoms with Crippen LogP contribution < -0.4 is 10.6 Å². The largest absolute Gasteiger partial charge is 0.376 e. The van der Waals surface area contributed by atoms with Gasteiger partial charge >= 0.3 is 0 Å². The van der Waals surface area contributed by atoms with E-state index in [9.17, 15) is 4.79 Å². The molecule has 1 aromatic rings. The molecule has 0 bridgehead atoms. The van der Waals surface area contributed by atoms with Crippen LogP contribution in [0.3, 0.4) is 0 Å². The van der Waals surface area contributed by atoms with Crippen LogP contribution in [-0.2, 0) is 4.74 Å². The molecule has 2 rings (SSSR count). The third-order valence-corrected chi connectivity index (χ3v) is 2.65. The summed E-state index contributed by atoms with van der Waals surface area (Å²) in [7, 11) is 1.75. The van der Waals surface area contributed by atoms with Crippen LogP contribution >= 0.6 is 0 Å². The monoisotopic (exact) mass is 236 g/mol. The predicted molar refractivity (Wildman–Crippen MR) is 62.9 cm³/mol. The van der Waals surface area contributed by atoms with Crippen LogP contribution in [-0.4, -0.2) is 42.2 Å². The van der Waals surface area contributed by atoms with Gasteiger partial charge in [-0.3, -0.25) is 4.79 Å². The summed E-state index contributed by atoms with van der Waals surface area (Å²) < 4.78 is 5.41. The Hall–Kier alpha value is -1.69. The smallest absolute Gasteiger partial charge is 0.271 e. The van der Waals surface area contributed by atoms with E-state index in [1.165, 1.54) is 12.4 Å². The minimum Gasteiger partial charge on any atom is -0.376 e. The zero-order valence-electron chi connectivity index (χ0n) is 9.77. The number of hydrogen-bond donors (Lipinski definition) is 2. The van der Waals surface area contributed by atoms with Crippen molar-refractivity contribution in [2.75, 3.05) is 25.5 Å². The summed E-state index contributed by atoms with van der Waals surface area (Å²) in [6, 6.07) is 0. The molecular weight excluding hydrogens is 220 g/mol. The molecule has 2 N–H and O–H groups in total. The van der Waals surface area contributed by atoms with Crippen molar-refractivity contribution in [3.63, 3.8) is 0 Å². The van der Waals surface area contributed by atoms with E-state index in [1.54, 1.807) is 7.05 Å². The lowest BCUT2D eigenvalue weighted by Gasteiger charge is -2.10. The van der Waals surface area contributed by atoms with Crippen LogP contribution in [0.5, 0.6) is 0 Å². The topological polar surface area (TPSA) is 76.1 Å². The Morgan fingerprint density at radius 1 is 1.53 bits per heavy atom. The number of anilines is 1. The molecule has 1 amide bonds. The standard InChI is InChI=1S/C11H16N4O2/c1-12-10-7-13-9(6-14-10)11(16)15-5-8-3-2-4-17-8/h6-8H,2-5H2,1H3,(H,12,14)(H,15,16). The average molecular weight is 236 g/mol. The first-order chi connectivity index (χ1) is 8.29. The summed E-state index contributed by atoms with van der Waals surface area (Å²) in [5, 5.41) is 5.64. The third kappa shape index (κ3) is 3.13. The fraction of sp³-hybridized carbons (Fsp3) is 0.545. The van der Waals surface area contributed by atoms with Crippen LogP contribution in [0.1, 0.15) is 23.3 Å². The first-order valence-corrected chi connectivity index (χ1v) is 5.69. The predicted octanol–water partition coefficient (Wildman–Crippen LogP) is 0.427. The van der Waals surface area contributed by atoms with Crippen molar-refractivity contribution in [1.82, 2.24) is 15.3 Å². The second-order valence-electron chi connectivity index (χ2n) is 3.88. The van der Waals surface area contributed by atoms with Gasteiger partial charge in [0.25, 0.3) is 5.91 Å². The van der Waals surface area contributed by atoms with E-state index in [4.69, 9.17) is 4.74 Å². The maximum absolute atomic E-state index is 11.7. The first kappa shape index (κ1) is 11.8. The molecule has 1 aromatic heterocycles. The van der Waals surface area contributed by atoms with Gasteiger partial charge in [0.15, 0.2) is 0 Å². The quantitative estimate of drug-likeness (QED) is 0.792. The van der Waals surface area contributed by atoms with E-state index >= 15 is 0 Å². The highest BCUT2D eigenvalue weighted by atomic mass is 16.5. The van der Waals surface area contributed by atoms with Gasteiger partial charge in [-0.1, -0.05) is 0 Å². The molecule has 0 spiro atoms. The van der Waals surface area contributed by atoms with Gasteiger partial charge in [0, 0.05) is 20.2 Å². The van der Waals surface area contributed by atoms with Crippen LogP contribution in [0.4, 0.5) is 5.82 Å². The van der Waals surface area contributed by atoms with Gasteiger partial charge in [0.2, 0.25) is 0 Å². The van der Waals surface area contributed by atoms with Crippen molar-refractivity contribution >= 4 is 11.7 Å². The molecule has 6 heteroatoms. The molecule has 1 aliphatic rings. The Bertz CT molecular complexity index is 374. The Morgan fingerprint density at radius 3 is 3.00 bits per heavy atom. The van der Waals surface area contributed by atoms with Gasteiger partial charge in [-0.2, -0.15) is 0 Å². The Kier molecular flexibility index (Phi) is 3.87. The van der Waals surface area contributed by atoms with Crippen molar-refractivity contribution < 1.29 is 9.53 Å². The molecule has 0 aromatic carbocycles. The second kappa shape index (κ2) is 5.58. The number of hydrogen-bond acceptors (Lipinski definition) is 5. The summed E-state index contributed by atoms with van der Waals surface area (Å²) in [6.45, 7) is 1.32. The molecule has 0 aliphatic carbocycles. The summed E-state index contributed by atoms with van der Waals surface area (Å²) in [6.07, 6.45) is 5.20. The normalized spacial score (nSPS) is 19.0. The second-order valence-corrected chi connectivity index (χ2v) is 3.88. The van der Waals surface area contributed by atoms with E-state index in [0.717, 1.165) is 19.4 Å². The molecule has 0 radical (unpaired) electrons. The molecule has 1 unspecified atom stereocenters. The fourth-order valence-electron chi connectivity index (χ4n) is 1.68. The van der Waals surface area contributed by atoms with Gasteiger partial charge in [-0.05, 0) is 12.8 Å². The zero-order chi connectivity index (χ0) is 12.1. The van der Waals surface area contributed by atoms with E-state index in [1.807, 2.05) is 0 Å². The van der Waals surface area contributed by atoms with Gasteiger partial charge in [0.1, 0.15) is 11.5 Å². The molecule has 1 atom stereocenters. The minimum atomic E-state index is -0.212. The van der Waals surface area contributed by atoms with Crippen LogP contribution in [0.2, 0.25) is 0 Å². The molecular formula is C11H16N4O2. The number of carbonyl (C=O) groups is 1. The van der Waals surface area contributed by atoms with Gasteiger partial charge in [0.05, 0.1) is 18.5 Å². The molecule has 17 heavy (non-hydrogen) atoms. The average Bonchev–Trinajstić information content (AvgIpc) is 2.89. The number of aromatic nitrogens is 2. The molecule has 2 heterocycles. The minimum absolute atomic E-state index is 0.142. The molecule has 6 nitrogen and oxygen atoms in total. The zero-order valence-corrected chi connectivity index (χ0v) is 9.77. The summed E-state index contributed by atoms with van der Waals surface area (Å²) in [5.41, 5.74) is 0.321. The molecule has 1 aliphatic heterocycles. The maximum Gasteiger partial charge on any atom is 0.271 e. The van der Waals surface area contributed by atoms with Crippen molar-refractivity contribution in [2.24, 2.45) is 0 Å². The number of carbonyl (C=O) groups excluding carboxylic acids is 1. The molecule has 92 valence electrons. The first-order valence-electron chi connectivity index (χ1n) is 5.69. The third-order valence-electron chi connectivity index (χ3n) is 2.65. The van der Waals surface area contributed by atoms with Crippen LogP contribution in [0, 0.1) is 0 Å². The Balaban J connectivity index is 1.85. The summed E-state index contributed by atoms with van der Waals surface area (Å²) in [4.78, 5) is 19.8. The lowest BCUT2D eigenvalue weighted by molar-refractivity contribution is 0.0853. The lowest BCUT2D eigenvalue weighted by Crippen LogP contribution is -2.32. The maximum atomic E-state index is 11.7. The SMILES string of the molecule is CNc1cnc(C(=O)NCC2CCCO2)cn1. The van der Waals surface area contributed by atoms with Gasteiger partial charge in [-0.25, -0.2) is 9.97 Å². The van der Waals surface area contributed by atoms with E-state index in [-0.39, 0.29) is 12.0 Å². The highest BCUT2D eigenvalue weighted by Gasteiger charge is 2.17. The number of nitrogens with zero attached hydrogens (tertiary/aromatic N) is 2. The number of ether oxygens (including phenoxy) is 1.